The number of rotatable bonds is 11. The van der Waals surface area contributed by atoms with Gasteiger partial charge < -0.3 is 14.2 Å². The van der Waals surface area contributed by atoms with Crippen LogP contribution in [0.15, 0.2) is 23.0 Å². The molecule has 0 spiro atoms. The number of halogens is 2. The van der Waals surface area contributed by atoms with Gasteiger partial charge in [-0.05, 0) is 63.9 Å². The molecule has 30 heavy (non-hydrogen) atoms. The number of allylic oxidation sites excluding steroid dienone is 4. The molecule has 1 aliphatic heterocycles. The zero-order valence-electron chi connectivity index (χ0n) is 20.7. The first kappa shape index (κ1) is 29.1. The van der Waals surface area contributed by atoms with Crippen LogP contribution >= 0.6 is 0 Å². The Bertz CT molecular complexity index is 509. The molecule has 3 nitrogen and oxygen atoms in total. The highest BCUT2D eigenvalue weighted by molar-refractivity contribution is 5.28. The molecule has 4 atom stereocenters. The summed E-state index contributed by atoms with van der Waals surface area (Å²) in [6.45, 7) is 15.2. The van der Waals surface area contributed by atoms with Crippen molar-refractivity contribution in [1.82, 2.24) is 0 Å². The molecule has 0 aromatic rings. The summed E-state index contributed by atoms with van der Waals surface area (Å²) in [5.41, 5.74) is 0.502. The smallest absolute Gasteiger partial charge is 0.195 e. The molecule has 1 fully saturated rings. The van der Waals surface area contributed by atoms with Crippen molar-refractivity contribution in [3.8, 4) is 0 Å². The molecule has 0 aromatic carbocycles. The Kier molecular flexibility index (Phi) is 16.2. The van der Waals surface area contributed by atoms with E-state index in [9.17, 15) is 8.78 Å². The van der Waals surface area contributed by atoms with Crippen molar-refractivity contribution in [2.24, 2.45) is 11.8 Å². The van der Waals surface area contributed by atoms with Gasteiger partial charge in [-0.15, -0.1) is 0 Å². The molecular weight excluding hydrogens is 386 g/mol. The number of ether oxygens (including phenoxy) is 3. The molecular formula is C25H46F2O3. The van der Waals surface area contributed by atoms with E-state index in [-0.39, 0.29) is 17.8 Å². The van der Waals surface area contributed by atoms with Crippen molar-refractivity contribution in [1.29, 1.82) is 0 Å². The first-order valence-corrected chi connectivity index (χ1v) is 11.8. The Morgan fingerprint density at radius 3 is 2.13 bits per heavy atom. The minimum atomic E-state index is -0.895. The molecule has 1 heterocycles. The van der Waals surface area contributed by atoms with Crippen molar-refractivity contribution in [2.45, 2.75) is 106 Å². The van der Waals surface area contributed by atoms with Gasteiger partial charge in [0.1, 0.15) is 5.76 Å². The molecule has 0 amide bonds. The molecule has 0 bridgehead atoms. The quantitative estimate of drug-likeness (QED) is 0.245. The van der Waals surface area contributed by atoms with E-state index in [0.29, 0.717) is 30.6 Å². The van der Waals surface area contributed by atoms with Crippen LogP contribution < -0.4 is 0 Å². The van der Waals surface area contributed by atoms with Crippen molar-refractivity contribution >= 4 is 0 Å². The molecule has 5 heteroatoms. The first-order chi connectivity index (χ1) is 14.2. The van der Waals surface area contributed by atoms with Crippen molar-refractivity contribution < 1.29 is 23.0 Å². The molecule has 1 rings (SSSR count). The fourth-order valence-electron chi connectivity index (χ4n) is 3.46. The van der Waals surface area contributed by atoms with Gasteiger partial charge in [0.2, 0.25) is 0 Å². The average Bonchev–Trinajstić information content (AvgIpc) is 2.76. The van der Waals surface area contributed by atoms with Gasteiger partial charge in [0, 0.05) is 5.92 Å². The van der Waals surface area contributed by atoms with Crippen molar-refractivity contribution in [2.75, 3.05) is 20.3 Å². The fourth-order valence-corrected chi connectivity index (χ4v) is 3.46. The minimum absolute atomic E-state index is 0.0256. The van der Waals surface area contributed by atoms with Crippen LogP contribution in [0.3, 0.4) is 0 Å². The van der Waals surface area contributed by atoms with E-state index < -0.39 is 11.7 Å². The second kappa shape index (κ2) is 16.7. The minimum Gasteiger partial charge on any atom is -0.498 e. The lowest BCUT2D eigenvalue weighted by molar-refractivity contribution is -0.0558. The van der Waals surface area contributed by atoms with E-state index >= 15 is 0 Å². The SMILES string of the molecule is CC/C(=C(F)\C(F)=C(/C)OC)C(C)CCC(C)OCC1CCC(CC)OC1.CCC. The summed E-state index contributed by atoms with van der Waals surface area (Å²) in [5, 5.41) is 0. The predicted octanol–water partition coefficient (Wildman–Crippen LogP) is 7.91. The van der Waals surface area contributed by atoms with Crippen LogP contribution in [-0.2, 0) is 14.2 Å². The lowest BCUT2D eigenvalue weighted by Gasteiger charge is -2.29. The summed E-state index contributed by atoms with van der Waals surface area (Å²) in [4.78, 5) is 0. The topological polar surface area (TPSA) is 27.7 Å². The van der Waals surface area contributed by atoms with Crippen LogP contribution in [0.4, 0.5) is 8.78 Å². The molecule has 0 radical (unpaired) electrons. The Labute approximate surface area is 184 Å². The Hall–Kier alpha value is -0.940. The fraction of sp³-hybridized carbons (Fsp3) is 0.840. The molecule has 0 saturated carbocycles. The van der Waals surface area contributed by atoms with Gasteiger partial charge in [-0.2, -0.15) is 0 Å². The molecule has 1 saturated heterocycles. The third-order valence-corrected chi connectivity index (χ3v) is 5.61. The van der Waals surface area contributed by atoms with Gasteiger partial charge in [0.15, 0.2) is 11.7 Å². The van der Waals surface area contributed by atoms with Crippen LogP contribution in [0.1, 0.15) is 93.4 Å². The largest absolute Gasteiger partial charge is 0.498 e. The van der Waals surface area contributed by atoms with Gasteiger partial charge in [0.05, 0.1) is 32.5 Å². The highest BCUT2D eigenvalue weighted by atomic mass is 19.2. The highest BCUT2D eigenvalue weighted by Crippen LogP contribution is 2.31. The van der Waals surface area contributed by atoms with Crippen molar-refractivity contribution in [3.63, 3.8) is 0 Å². The van der Waals surface area contributed by atoms with Gasteiger partial charge >= 0.3 is 0 Å². The van der Waals surface area contributed by atoms with Crippen LogP contribution in [0, 0.1) is 11.8 Å². The van der Waals surface area contributed by atoms with Gasteiger partial charge in [-0.3, -0.25) is 0 Å². The van der Waals surface area contributed by atoms with Gasteiger partial charge in [0.25, 0.3) is 0 Å². The van der Waals surface area contributed by atoms with Crippen LogP contribution in [0.5, 0.6) is 0 Å². The zero-order valence-corrected chi connectivity index (χ0v) is 20.7. The summed E-state index contributed by atoms with van der Waals surface area (Å²) < 4.78 is 45.1. The Morgan fingerprint density at radius 1 is 1.03 bits per heavy atom. The summed E-state index contributed by atoms with van der Waals surface area (Å²) in [7, 11) is 1.34. The second-order valence-electron chi connectivity index (χ2n) is 8.40. The average molecular weight is 433 g/mol. The lowest BCUT2D eigenvalue weighted by Crippen LogP contribution is -2.29. The standard InChI is InChI=1S/C22H38F2O3.C3H8/c1-7-19-12-11-18(14-27-19)13-26-16(4)10-9-15(3)20(8-2)22(24)21(23)17(5)25-6;1-3-2/h15-16,18-19H,7-14H2,1-6H3;3H2,1-2H3/b21-17-,22-20-;. The molecule has 178 valence electrons. The summed E-state index contributed by atoms with van der Waals surface area (Å²) in [5.74, 6) is -1.27. The predicted molar refractivity (Wildman–Crippen MR) is 122 cm³/mol. The van der Waals surface area contributed by atoms with Gasteiger partial charge in [-0.1, -0.05) is 41.0 Å². The number of hydrogen-bond donors (Lipinski definition) is 0. The van der Waals surface area contributed by atoms with Crippen molar-refractivity contribution in [3.05, 3.63) is 23.0 Å². The third-order valence-electron chi connectivity index (χ3n) is 5.61. The molecule has 1 aliphatic rings. The zero-order chi connectivity index (χ0) is 23.1. The maximum atomic E-state index is 14.4. The Balaban J connectivity index is 0.00000263. The molecule has 0 N–H and O–H groups in total. The van der Waals surface area contributed by atoms with E-state index in [0.717, 1.165) is 38.7 Å². The second-order valence-corrected chi connectivity index (χ2v) is 8.40. The summed E-state index contributed by atoms with van der Waals surface area (Å²) >= 11 is 0. The van der Waals surface area contributed by atoms with Crippen LogP contribution in [0.25, 0.3) is 0 Å². The normalized spacial score (nSPS) is 22.9. The van der Waals surface area contributed by atoms with E-state index in [1.54, 1.807) is 0 Å². The molecule has 0 aromatic heterocycles. The summed E-state index contributed by atoms with van der Waals surface area (Å²) in [6.07, 6.45) is 7.15. The Morgan fingerprint density at radius 2 is 1.67 bits per heavy atom. The van der Waals surface area contributed by atoms with Gasteiger partial charge in [-0.25, -0.2) is 8.78 Å². The highest BCUT2D eigenvalue weighted by Gasteiger charge is 2.22. The maximum absolute atomic E-state index is 14.4. The van der Waals surface area contributed by atoms with E-state index in [1.807, 2.05) is 20.8 Å². The van der Waals surface area contributed by atoms with Crippen LogP contribution in [0.2, 0.25) is 0 Å². The first-order valence-electron chi connectivity index (χ1n) is 11.8. The molecule has 4 unspecified atom stereocenters. The number of hydrogen-bond acceptors (Lipinski definition) is 3. The van der Waals surface area contributed by atoms with E-state index in [2.05, 4.69) is 20.8 Å². The van der Waals surface area contributed by atoms with Crippen LogP contribution in [-0.4, -0.2) is 32.5 Å². The van der Waals surface area contributed by atoms with E-state index in [1.165, 1.54) is 20.5 Å². The third kappa shape index (κ3) is 10.9. The van der Waals surface area contributed by atoms with E-state index in [4.69, 9.17) is 14.2 Å². The monoisotopic (exact) mass is 432 g/mol. The summed E-state index contributed by atoms with van der Waals surface area (Å²) in [6, 6.07) is 0. The number of methoxy groups -OCH3 is 1. The molecule has 0 aliphatic carbocycles. The lowest BCUT2D eigenvalue weighted by atomic mass is 9.91. The maximum Gasteiger partial charge on any atom is 0.195 e.